The zero-order chi connectivity index (χ0) is 9.56. The lowest BCUT2D eigenvalue weighted by Gasteiger charge is -2.30. The summed E-state index contributed by atoms with van der Waals surface area (Å²) in [6, 6.07) is 0.607. The van der Waals surface area contributed by atoms with Crippen LogP contribution in [0.5, 0.6) is 0 Å². The molecule has 0 aromatic rings. The molecule has 0 aliphatic heterocycles. The Bertz CT molecular complexity index is 99.9. The fourth-order valence-corrected chi connectivity index (χ4v) is 1.17. The topological polar surface area (TPSA) is 32.5 Å². The van der Waals surface area contributed by atoms with Crippen molar-refractivity contribution in [1.82, 2.24) is 9.80 Å². The van der Waals surface area contributed by atoms with Crippen molar-refractivity contribution in [3.8, 4) is 0 Å². The lowest BCUT2D eigenvalue weighted by atomic mass is 10.3. The van der Waals surface area contributed by atoms with Gasteiger partial charge >= 0.3 is 0 Å². The molecule has 0 unspecified atom stereocenters. The number of hydrogen-bond acceptors (Lipinski definition) is 3. The molecule has 0 bridgehead atoms. The monoisotopic (exact) mass is 173 g/mol. The van der Waals surface area contributed by atoms with Gasteiger partial charge in [0.1, 0.15) is 0 Å². The van der Waals surface area contributed by atoms with Crippen molar-refractivity contribution in [3.05, 3.63) is 0 Å². The molecule has 0 aromatic carbocycles. The molecule has 0 atom stereocenters. The first kappa shape index (κ1) is 11.9. The predicted molar refractivity (Wildman–Crippen MR) is 53.8 cm³/mol. The molecule has 0 aliphatic carbocycles. The second-order valence-corrected chi connectivity index (χ2v) is 3.31. The molecule has 0 aromatic heterocycles. The molecule has 0 saturated carbocycles. The van der Waals surface area contributed by atoms with E-state index >= 15 is 0 Å². The summed E-state index contributed by atoms with van der Waals surface area (Å²) >= 11 is 0. The fraction of sp³-hybridized carbons (Fsp3) is 1.00. The summed E-state index contributed by atoms with van der Waals surface area (Å²) in [5, 5.41) is 0. The first-order valence-corrected chi connectivity index (χ1v) is 4.82. The van der Waals surface area contributed by atoms with E-state index in [2.05, 4.69) is 37.5 Å². The van der Waals surface area contributed by atoms with Gasteiger partial charge in [-0.05, 0) is 26.9 Å². The Morgan fingerprint density at radius 3 is 2.00 bits per heavy atom. The van der Waals surface area contributed by atoms with Crippen molar-refractivity contribution in [2.75, 3.05) is 26.4 Å². The summed E-state index contributed by atoms with van der Waals surface area (Å²) in [6.45, 7) is 12.5. The van der Waals surface area contributed by atoms with Gasteiger partial charge in [0, 0.05) is 12.7 Å². The minimum atomic E-state index is 0.607. The molecule has 0 aliphatic rings. The van der Waals surface area contributed by atoms with Crippen LogP contribution >= 0.6 is 0 Å². The largest absolute Gasteiger partial charge is 0.318 e. The van der Waals surface area contributed by atoms with E-state index in [0.29, 0.717) is 12.7 Å². The van der Waals surface area contributed by atoms with E-state index < -0.39 is 0 Å². The highest BCUT2D eigenvalue weighted by atomic mass is 15.3. The van der Waals surface area contributed by atoms with Crippen LogP contribution in [0.25, 0.3) is 0 Å². The second-order valence-electron chi connectivity index (χ2n) is 3.31. The van der Waals surface area contributed by atoms with Gasteiger partial charge in [-0.25, -0.2) is 0 Å². The molecule has 0 radical (unpaired) electrons. The molecule has 0 saturated heterocycles. The van der Waals surface area contributed by atoms with Crippen molar-refractivity contribution < 1.29 is 0 Å². The number of rotatable bonds is 6. The van der Waals surface area contributed by atoms with Crippen LogP contribution in [0.1, 0.15) is 27.7 Å². The molecule has 0 rings (SSSR count). The van der Waals surface area contributed by atoms with Crippen LogP contribution in [0.15, 0.2) is 0 Å². The lowest BCUT2D eigenvalue weighted by molar-refractivity contribution is 0.116. The third-order valence-electron chi connectivity index (χ3n) is 2.22. The highest BCUT2D eigenvalue weighted by molar-refractivity contribution is 4.60. The standard InChI is InChI=1S/C9H23N3/c1-5-11(7-10)8-12(6-2)9(3)4/h9H,5-8,10H2,1-4H3. The van der Waals surface area contributed by atoms with Crippen LogP contribution in [0.4, 0.5) is 0 Å². The first-order valence-electron chi connectivity index (χ1n) is 4.82. The van der Waals surface area contributed by atoms with Crippen molar-refractivity contribution in [2.45, 2.75) is 33.7 Å². The molecule has 0 heterocycles. The van der Waals surface area contributed by atoms with E-state index in [9.17, 15) is 0 Å². The maximum Gasteiger partial charge on any atom is 0.0520 e. The second kappa shape index (κ2) is 6.40. The van der Waals surface area contributed by atoms with Gasteiger partial charge in [-0.15, -0.1) is 0 Å². The number of hydrogen-bond donors (Lipinski definition) is 1. The van der Waals surface area contributed by atoms with Gasteiger partial charge in [0.15, 0.2) is 0 Å². The molecule has 0 amide bonds. The summed E-state index contributed by atoms with van der Waals surface area (Å²) in [5.74, 6) is 0. The van der Waals surface area contributed by atoms with E-state index in [4.69, 9.17) is 5.73 Å². The quantitative estimate of drug-likeness (QED) is 0.606. The van der Waals surface area contributed by atoms with Crippen molar-refractivity contribution >= 4 is 0 Å². The highest BCUT2D eigenvalue weighted by Gasteiger charge is 2.09. The molecule has 12 heavy (non-hydrogen) atoms. The SMILES string of the molecule is CCN(CN)CN(CC)C(C)C. The lowest BCUT2D eigenvalue weighted by Crippen LogP contribution is -2.43. The van der Waals surface area contributed by atoms with Crippen molar-refractivity contribution in [2.24, 2.45) is 5.73 Å². The van der Waals surface area contributed by atoms with Crippen LogP contribution in [-0.2, 0) is 0 Å². The third kappa shape index (κ3) is 4.04. The molecule has 0 spiro atoms. The van der Waals surface area contributed by atoms with E-state index in [1.165, 1.54) is 0 Å². The summed E-state index contributed by atoms with van der Waals surface area (Å²) in [4.78, 5) is 4.62. The van der Waals surface area contributed by atoms with Gasteiger partial charge in [-0.3, -0.25) is 9.80 Å². The Balaban J connectivity index is 3.82. The highest BCUT2D eigenvalue weighted by Crippen LogP contribution is 1.98. The fourth-order valence-electron chi connectivity index (χ4n) is 1.17. The maximum absolute atomic E-state index is 5.59. The number of nitrogens with two attached hydrogens (primary N) is 1. The number of nitrogens with zero attached hydrogens (tertiary/aromatic N) is 2. The van der Waals surface area contributed by atoms with E-state index in [1.54, 1.807) is 0 Å². The first-order chi connectivity index (χ1) is 5.65. The van der Waals surface area contributed by atoms with Crippen LogP contribution in [0.2, 0.25) is 0 Å². The summed E-state index contributed by atoms with van der Waals surface area (Å²) in [7, 11) is 0. The van der Waals surface area contributed by atoms with Gasteiger partial charge < -0.3 is 5.73 Å². The Labute approximate surface area is 76.5 Å². The molecule has 3 nitrogen and oxygen atoms in total. The zero-order valence-electron chi connectivity index (χ0n) is 8.88. The van der Waals surface area contributed by atoms with Gasteiger partial charge in [0.05, 0.1) is 6.67 Å². The van der Waals surface area contributed by atoms with Crippen LogP contribution in [0, 0.1) is 0 Å². The molecule has 2 N–H and O–H groups in total. The average Bonchev–Trinajstić information content (AvgIpc) is 2.06. The smallest absolute Gasteiger partial charge is 0.0520 e. The van der Waals surface area contributed by atoms with E-state index in [-0.39, 0.29) is 0 Å². The molecular formula is C9H23N3. The summed E-state index contributed by atoms with van der Waals surface area (Å²) in [5.41, 5.74) is 5.59. The minimum Gasteiger partial charge on any atom is -0.318 e. The molecule has 3 heteroatoms. The Morgan fingerprint density at radius 1 is 1.17 bits per heavy atom. The summed E-state index contributed by atoms with van der Waals surface area (Å²) < 4.78 is 0. The van der Waals surface area contributed by atoms with Gasteiger partial charge in [-0.2, -0.15) is 0 Å². The maximum atomic E-state index is 5.59. The molecule has 74 valence electrons. The average molecular weight is 173 g/mol. The molecular weight excluding hydrogens is 150 g/mol. The van der Waals surface area contributed by atoms with Crippen LogP contribution in [0.3, 0.4) is 0 Å². The van der Waals surface area contributed by atoms with Gasteiger partial charge in [0.25, 0.3) is 0 Å². The third-order valence-corrected chi connectivity index (χ3v) is 2.22. The normalized spacial score (nSPS) is 12.0. The Morgan fingerprint density at radius 2 is 1.75 bits per heavy atom. The molecule has 0 fully saturated rings. The van der Waals surface area contributed by atoms with Crippen LogP contribution < -0.4 is 5.73 Å². The Hall–Kier alpha value is -0.120. The van der Waals surface area contributed by atoms with E-state index in [0.717, 1.165) is 19.8 Å². The van der Waals surface area contributed by atoms with Crippen LogP contribution in [-0.4, -0.2) is 42.3 Å². The van der Waals surface area contributed by atoms with Crippen molar-refractivity contribution in [1.29, 1.82) is 0 Å². The Kier molecular flexibility index (Phi) is 6.34. The van der Waals surface area contributed by atoms with E-state index in [1.807, 2.05) is 0 Å². The zero-order valence-corrected chi connectivity index (χ0v) is 8.88. The predicted octanol–water partition coefficient (Wildman–Crippen LogP) is 0.912. The minimum absolute atomic E-state index is 0.607. The van der Waals surface area contributed by atoms with Gasteiger partial charge in [-0.1, -0.05) is 13.8 Å². The van der Waals surface area contributed by atoms with Gasteiger partial charge in [0.2, 0.25) is 0 Å². The van der Waals surface area contributed by atoms with Crippen molar-refractivity contribution in [3.63, 3.8) is 0 Å². The summed E-state index contributed by atoms with van der Waals surface area (Å²) in [6.07, 6.45) is 0.